The predicted octanol–water partition coefficient (Wildman–Crippen LogP) is 2.90. The first-order valence-corrected chi connectivity index (χ1v) is 11.8. The number of piperidine rings is 1. The molecular formula is C23H36N6O2. The SMILES string of the molecule is CCCN1CCCN(c2nc3c(OC(N)=O)cccc3n2CCN2CCCCC2)CC1. The number of nitrogens with zero attached hydrogens (tertiary/aromatic N) is 5. The molecule has 2 aliphatic rings. The number of primary amides is 1. The van der Waals surface area contributed by atoms with Gasteiger partial charge < -0.3 is 29.7 Å². The van der Waals surface area contributed by atoms with Crippen LogP contribution in [-0.4, -0.2) is 77.8 Å². The maximum atomic E-state index is 11.4. The van der Waals surface area contributed by atoms with Crippen LogP contribution in [0.4, 0.5) is 10.7 Å². The van der Waals surface area contributed by atoms with E-state index in [4.69, 9.17) is 15.5 Å². The second-order valence-corrected chi connectivity index (χ2v) is 8.69. The van der Waals surface area contributed by atoms with Gasteiger partial charge in [-0.1, -0.05) is 19.4 Å². The molecule has 0 aliphatic carbocycles. The van der Waals surface area contributed by atoms with E-state index >= 15 is 0 Å². The van der Waals surface area contributed by atoms with Crippen LogP contribution in [0.25, 0.3) is 11.0 Å². The summed E-state index contributed by atoms with van der Waals surface area (Å²) in [6, 6.07) is 5.75. The lowest BCUT2D eigenvalue weighted by atomic mass is 10.1. The first kappa shape index (κ1) is 21.9. The average Bonchev–Trinajstić information content (AvgIpc) is 2.98. The summed E-state index contributed by atoms with van der Waals surface area (Å²) >= 11 is 0. The van der Waals surface area contributed by atoms with E-state index in [1.165, 1.54) is 38.8 Å². The van der Waals surface area contributed by atoms with Gasteiger partial charge in [-0.15, -0.1) is 0 Å². The highest BCUT2D eigenvalue weighted by molar-refractivity contribution is 5.87. The summed E-state index contributed by atoms with van der Waals surface area (Å²) in [6.45, 7) is 11.7. The van der Waals surface area contributed by atoms with Crippen LogP contribution in [-0.2, 0) is 6.54 Å². The van der Waals surface area contributed by atoms with Gasteiger partial charge in [0.1, 0.15) is 5.52 Å². The van der Waals surface area contributed by atoms with E-state index in [-0.39, 0.29) is 0 Å². The van der Waals surface area contributed by atoms with E-state index < -0.39 is 6.09 Å². The highest BCUT2D eigenvalue weighted by Gasteiger charge is 2.23. The Morgan fingerprint density at radius 1 is 0.968 bits per heavy atom. The van der Waals surface area contributed by atoms with Crippen LogP contribution < -0.4 is 15.4 Å². The molecular weight excluding hydrogens is 392 g/mol. The van der Waals surface area contributed by atoms with Crippen molar-refractivity contribution in [2.75, 3.05) is 57.3 Å². The first-order chi connectivity index (χ1) is 15.2. The largest absolute Gasteiger partial charge is 0.410 e. The number of nitrogens with two attached hydrogens (primary N) is 1. The molecule has 8 heteroatoms. The van der Waals surface area contributed by atoms with Gasteiger partial charge in [-0.2, -0.15) is 0 Å². The smallest absolute Gasteiger partial charge is 0.408 e. The predicted molar refractivity (Wildman–Crippen MR) is 124 cm³/mol. The summed E-state index contributed by atoms with van der Waals surface area (Å²) in [4.78, 5) is 23.9. The molecule has 2 aliphatic heterocycles. The number of benzene rings is 1. The number of ether oxygens (including phenoxy) is 1. The highest BCUT2D eigenvalue weighted by Crippen LogP contribution is 2.30. The van der Waals surface area contributed by atoms with Gasteiger partial charge in [0.2, 0.25) is 5.95 Å². The molecule has 1 aromatic heterocycles. The van der Waals surface area contributed by atoms with Crippen molar-refractivity contribution in [1.82, 2.24) is 19.4 Å². The summed E-state index contributed by atoms with van der Waals surface area (Å²) < 4.78 is 7.59. The van der Waals surface area contributed by atoms with Gasteiger partial charge in [-0.05, 0) is 64.0 Å². The van der Waals surface area contributed by atoms with Crippen LogP contribution in [0.5, 0.6) is 5.75 Å². The minimum Gasteiger partial charge on any atom is -0.408 e. The van der Waals surface area contributed by atoms with Crippen molar-refractivity contribution < 1.29 is 9.53 Å². The van der Waals surface area contributed by atoms with Crippen molar-refractivity contribution in [2.45, 2.75) is 45.6 Å². The van der Waals surface area contributed by atoms with Crippen LogP contribution in [0, 0.1) is 0 Å². The van der Waals surface area contributed by atoms with Crippen molar-refractivity contribution in [3.8, 4) is 5.75 Å². The molecule has 0 bridgehead atoms. The van der Waals surface area contributed by atoms with E-state index in [0.29, 0.717) is 11.3 Å². The second kappa shape index (κ2) is 10.3. The van der Waals surface area contributed by atoms with E-state index in [9.17, 15) is 4.79 Å². The number of amides is 1. The van der Waals surface area contributed by atoms with Crippen molar-refractivity contribution in [3.05, 3.63) is 18.2 Å². The van der Waals surface area contributed by atoms with Gasteiger partial charge in [-0.25, -0.2) is 9.78 Å². The van der Waals surface area contributed by atoms with Crippen LogP contribution in [0.1, 0.15) is 39.0 Å². The number of likely N-dealkylation sites (tertiary alicyclic amines) is 1. The Kier molecular flexibility index (Phi) is 7.29. The number of para-hydroxylation sites is 1. The molecule has 8 nitrogen and oxygen atoms in total. The second-order valence-electron chi connectivity index (χ2n) is 8.69. The summed E-state index contributed by atoms with van der Waals surface area (Å²) in [6.07, 6.45) is 5.41. The molecule has 3 heterocycles. The molecule has 170 valence electrons. The van der Waals surface area contributed by atoms with Crippen LogP contribution >= 0.6 is 0 Å². The van der Waals surface area contributed by atoms with Gasteiger partial charge in [0.05, 0.1) is 5.52 Å². The van der Waals surface area contributed by atoms with Gasteiger partial charge >= 0.3 is 6.09 Å². The fourth-order valence-electron chi connectivity index (χ4n) is 4.90. The average molecular weight is 429 g/mol. The molecule has 0 unspecified atom stereocenters. The fraction of sp³-hybridized carbons (Fsp3) is 0.652. The minimum absolute atomic E-state index is 0.436. The third-order valence-corrected chi connectivity index (χ3v) is 6.43. The van der Waals surface area contributed by atoms with Crippen LogP contribution in [0.15, 0.2) is 18.2 Å². The Hall–Kier alpha value is -2.32. The Bertz CT molecular complexity index is 876. The molecule has 4 rings (SSSR count). The maximum Gasteiger partial charge on any atom is 0.410 e. The van der Waals surface area contributed by atoms with Crippen molar-refractivity contribution in [1.29, 1.82) is 0 Å². The lowest BCUT2D eigenvalue weighted by Crippen LogP contribution is -2.35. The normalized spacial score (nSPS) is 18.9. The van der Waals surface area contributed by atoms with E-state index in [2.05, 4.69) is 32.3 Å². The quantitative estimate of drug-likeness (QED) is 0.730. The van der Waals surface area contributed by atoms with Gasteiger partial charge in [0.15, 0.2) is 5.75 Å². The number of rotatable bonds is 7. The molecule has 2 aromatic rings. The van der Waals surface area contributed by atoms with E-state index in [1.54, 1.807) is 6.07 Å². The topological polar surface area (TPSA) is 79.9 Å². The number of hydrogen-bond donors (Lipinski definition) is 1. The molecule has 2 saturated heterocycles. The summed E-state index contributed by atoms with van der Waals surface area (Å²) in [7, 11) is 0. The molecule has 31 heavy (non-hydrogen) atoms. The number of fused-ring (bicyclic) bond motifs is 1. The van der Waals surface area contributed by atoms with Crippen molar-refractivity contribution in [3.63, 3.8) is 0 Å². The lowest BCUT2D eigenvalue weighted by molar-refractivity contribution is 0.211. The van der Waals surface area contributed by atoms with Crippen molar-refractivity contribution >= 4 is 23.1 Å². The molecule has 1 aromatic carbocycles. The summed E-state index contributed by atoms with van der Waals surface area (Å²) in [5.74, 6) is 1.41. The van der Waals surface area contributed by atoms with Crippen LogP contribution in [0.2, 0.25) is 0 Å². The number of aromatic nitrogens is 2. The van der Waals surface area contributed by atoms with Crippen molar-refractivity contribution in [2.24, 2.45) is 5.73 Å². The van der Waals surface area contributed by atoms with Gasteiger partial charge in [-0.3, -0.25) is 0 Å². The zero-order valence-electron chi connectivity index (χ0n) is 18.8. The molecule has 0 radical (unpaired) electrons. The number of carbonyl (C=O) groups is 1. The number of carbonyl (C=O) groups excluding carboxylic acids is 1. The lowest BCUT2D eigenvalue weighted by Gasteiger charge is -2.28. The Labute approximate surface area is 184 Å². The summed E-state index contributed by atoms with van der Waals surface area (Å²) in [5, 5.41) is 0. The van der Waals surface area contributed by atoms with Crippen LogP contribution in [0.3, 0.4) is 0 Å². The van der Waals surface area contributed by atoms with E-state index in [1.807, 2.05) is 6.07 Å². The molecule has 1 amide bonds. The zero-order chi connectivity index (χ0) is 21.6. The number of hydrogen-bond acceptors (Lipinski definition) is 6. The summed E-state index contributed by atoms with van der Waals surface area (Å²) in [5.41, 5.74) is 7.02. The fourth-order valence-corrected chi connectivity index (χ4v) is 4.90. The Morgan fingerprint density at radius 3 is 2.52 bits per heavy atom. The minimum atomic E-state index is -0.804. The molecule has 0 spiro atoms. The van der Waals surface area contributed by atoms with E-state index in [0.717, 1.165) is 63.7 Å². The molecule has 0 saturated carbocycles. The molecule has 2 fully saturated rings. The standard InChI is InChI=1S/C23H36N6O2/c1-2-10-26-13-7-14-28(17-15-26)23-25-21-19(8-6-9-20(21)31-22(24)30)29(23)18-16-27-11-4-3-5-12-27/h6,8-9H,2-5,7,10-18H2,1H3,(H2,24,30). The highest BCUT2D eigenvalue weighted by atomic mass is 16.5. The van der Waals surface area contributed by atoms with Gasteiger partial charge in [0, 0.05) is 32.7 Å². The molecule has 0 atom stereocenters. The Morgan fingerprint density at radius 2 is 1.74 bits per heavy atom. The molecule has 2 N–H and O–H groups in total. The number of imidazole rings is 1. The third kappa shape index (κ3) is 5.30. The first-order valence-electron chi connectivity index (χ1n) is 11.8. The maximum absolute atomic E-state index is 11.4. The van der Waals surface area contributed by atoms with Gasteiger partial charge in [0.25, 0.3) is 0 Å². The Balaban J connectivity index is 1.63. The zero-order valence-corrected chi connectivity index (χ0v) is 18.8. The third-order valence-electron chi connectivity index (χ3n) is 6.43. The monoisotopic (exact) mass is 428 g/mol. The number of anilines is 1.